The van der Waals surface area contributed by atoms with Crippen molar-refractivity contribution >= 4 is 5.84 Å². The highest BCUT2D eigenvalue weighted by molar-refractivity contribution is 5.79. The highest BCUT2D eigenvalue weighted by Gasteiger charge is 2.18. The van der Waals surface area contributed by atoms with Gasteiger partial charge in [-0.2, -0.15) is 0 Å². The summed E-state index contributed by atoms with van der Waals surface area (Å²) in [5.74, 6) is 1.17. The molecule has 0 aromatic carbocycles. The van der Waals surface area contributed by atoms with Gasteiger partial charge in [0.2, 0.25) is 0 Å². The maximum Gasteiger partial charge on any atom is 0.139 e. The van der Waals surface area contributed by atoms with Gasteiger partial charge in [-0.05, 0) is 38.6 Å². The van der Waals surface area contributed by atoms with Crippen LogP contribution in [0.5, 0.6) is 0 Å². The van der Waals surface area contributed by atoms with Crippen molar-refractivity contribution in [3.8, 4) is 0 Å². The third kappa shape index (κ3) is 4.84. The van der Waals surface area contributed by atoms with E-state index in [1.165, 1.54) is 32.1 Å². The quantitative estimate of drug-likeness (QED) is 0.214. The highest BCUT2D eigenvalue weighted by atomic mass is 16.4. The first-order chi connectivity index (χ1) is 7.74. The van der Waals surface area contributed by atoms with Gasteiger partial charge in [-0.25, -0.2) is 0 Å². The van der Waals surface area contributed by atoms with E-state index in [9.17, 15) is 0 Å². The molecule has 1 aliphatic carbocycles. The van der Waals surface area contributed by atoms with E-state index in [1.54, 1.807) is 0 Å². The molecular weight excluding hydrogens is 202 g/mol. The van der Waals surface area contributed by atoms with Gasteiger partial charge in [0, 0.05) is 12.5 Å². The number of rotatable bonds is 6. The van der Waals surface area contributed by atoms with E-state index in [0.29, 0.717) is 18.3 Å². The maximum absolute atomic E-state index is 8.39. The number of nitrogens with two attached hydrogens (primary N) is 1. The average molecular weight is 227 g/mol. The standard InChI is InChI=1S/C12H25N3O/c1-10(11-6-3-2-4-7-11)14-9-5-8-12(13)15-16/h10-11,14,16H,2-9H2,1H3,(H2,13,15)/t10-/m1/s1. The van der Waals surface area contributed by atoms with Crippen LogP contribution in [0.15, 0.2) is 5.16 Å². The van der Waals surface area contributed by atoms with E-state index >= 15 is 0 Å². The van der Waals surface area contributed by atoms with E-state index in [-0.39, 0.29) is 0 Å². The van der Waals surface area contributed by atoms with E-state index < -0.39 is 0 Å². The largest absolute Gasteiger partial charge is 0.409 e. The molecule has 0 heterocycles. The molecule has 0 amide bonds. The lowest BCUT2D eigenvalue weighted by molar-refractivity contribution is 0.281. The van der Waals surface area contributed by atoms with Gasteiger partial charge >= 0.3 is 0 Å². The first-order valence-electron chi connectivity index (χ1n) is 6.44. The van der Waals surface area contributed by atoms with Crippen molar-refractivity contribution in [3.05, 3.63) is 0 Å². The molecular formula is C12H25N3O. The normalized spacial score (nSPS) is 20.9. The molecule has 0 saturated heterocycles. The number of nitrogens with zero attached hydrogens (tertiary/aromatic N) is 1. The molecule has 4 N–H and O–H groups in total. The van der Waals surface area contributed by atoms with Gasteiger partial charge in [0.05, 0.1) is 0 Å². The number of oxime groups is 1. The maximum atomic E-state index is 8.39. The highest BCUT2D eigenvalue weighted by Crippen LogP contribution is 2.26. The van der Waals surface area contributed by atoms with Gasteiger partial charge in [-0.3, -0.25) is 0 Å². The lowest BCUT2D eigenvalue weighted by Gasteiger charge is -2.28. The molecule has 16 heavy (non-hydrogen) atoms. The Labute approximate surface area is 98.3 Å². The molecule has 1 rings (SSSR count). The zero-order valence-corrected chi connectivity index (χ0v) is 10.3. The SMILES string of the molecule is C[C@@H](NCCCC(N)=NO)C1CCCCC1. The van der Waals surface area contributed by atoms with Crippen LogP contribution in [0.3, 0.4) is 0 Å². The second-order valence-corrected chi connectivity index (χ2v) is 4.84. The Morgan fingerprint density at radius 1 is 1.44 bits per heavy atom. The van der Waals surface area contributed by atoms with Crippen LogP contribution < -0.4 is 11.1 Å². The molecule has 4 nitrogen and oxygen atoms in total. The topological polar surface area (TPSA) is 70.6 Å². The number of amidine groups is 1. The minimum atomic E-state index is 0.326. The summed E-state index contributed by atoms with van der Waals surface area (Å²) in [6.45, 7) is 3.23. The summed E-state index contributed by atoms with van der Waals surface area (Å²) < 4.78 is 0. The van der Waals surface area contributed by atoms with Crippen molar-refractivity contribution in [1.29, 1.82) is 0 Å². The lowest BCUT2D eigenvalue weighted by atomic mass is 9.84. The van der Waals surface area contributed by atoms with Crippen molar-refractivity contribution in [1.82, 2.24) is 5.32 Å². The zero-order valence-electron chi connectivity index (χ0n) is 10.3. The van der Waals surface area contributed by atoms with Gasteiger partial charge in [0.25, 0.3) is 0 Å². The smallest absolute Gasteiger partial charge is 0.139 e. The number of nitrogens with one attached hydrogen (secondary N) is 1. The van der Waals surface area contributed by atoms with Crippen LogP contribution in [-0.2, 0) is 0 Å². The molecule has 94 valence electrons. The number of hydrogen-bond donors (Lipinski definition) is 3. The van der Waals surface area contributed by atoms with Gasteiger partial charge in [-0.1, -0.05) is 24.4 Å². The van der Waals surface area contributed by atoms with Crippen LogP contribution in [0.2, 0.25) is 0 Å². The summed E-state index contributed by atoms with van der Waals surface area (Å²) in [5, 5.41) is 14.9. The van der Waals surface area contributed by atoms with Crippen molar-refractivity contribution in [2.24, 2.45) is 16.8 Å². The Kier molecular flexibility index (Phi) is 6.23. The van der Waals surface area contributed by atoms with Crippen molar-refractivity contribution in [2.75, 3.05) is 6.54 Å². The molecule has 1 fully saturated rings. The molecule has 4 heteroatoms. The molecule has 1 saturated carbocycles. The van der Waals surface area contributed by atoms with E-state index in [0.717, 1.165) is 18.9 Å². The van der Waals surface area contributed by atoms with Crippen molar-refractivity contribution in [2.45, 2.75) is 57.9 Å². The summed E-state index contributed by atoms with van der Waals surface area (Å²) in [7, 11) is 0. The van der Waals surface area contributed by atoms with E-state index in [4.69, 9.17) is 10.9 Å². The minimum Gasteiger partial charge on any atom is -0.409 e. The van der Waals surface area contributed by atoms with E-state index in [2.05, 4.69) is 17.4 Å². The fourth-order valence-corrected chi connectivity index (χ4v) is 2.45. The summed E-state index contributed by atoms with van der Waals surface area (Å²) in [6, 6.07) is 0.604. The summed E-state index contributed by atoms with van der Waals surface area (Å²) >= 11 is 0. The monoisotopic (exact) mass is 227 g/mol. The van der Waals surface area contributed by atoms with Crippen LogP contribution in [0.1, 0.15) is 51.9 Å². The molecule has 0 aliphatic heterocycles. The third-order valence-corrected chi connectivity index (χ3v) is 3.56. The molecule has 0 aromatic rings. The van der Waals surface area contributed by atoms with Gasteiger partial charge in [0.15, 0.2) is 0 Å². The fourth-order valence-electron chi connectivity index (χ4n) is 2.45. The predicted molar refractivity (Wildman–Crippen MR) is 66.7 cm³/mol. The molecule has 0 radical (unpaired) electrons. The number of hydrogen-bond acceptors (Lipinski definition) is 3. The first-order valence-corrected chi connectivity index (χ1v) is 6.44. The Morgan fingerprint density at radius 3 is 2.75 bits per heavy atom. The predicted octanol–water partition coefficient (Wildman–Crippen LogP) is 2.07. The Balaban J connectivity index is 2.07. The van der Waals surface area contributed by atoms with Gasteiger partial charge < -0.3 is 16.3 Å². The Hall–Kier alpha value is -0.770. The summed E-state index contributed by atoms with van der Waals surface area (Å²) in [5.41, 5.74) is 5.40. The van der Waals surface area contributed by atoms with Crippen LogP contribution in [0.25, 0.3) is 0 Å². The van der Waals surface area contributed by atoms with Crippen LogP contribution in [0.4, 0.5) is 0 Å². The second-order valence-electron chi connectivity index (χ2n) is 4.84. The zero-order chi connectivity index (χ0) is 11.8. The summed E-state index contributed by atoms with van der Waals surface area (Å²) in [6.07, 6.45) is 8.53. The molecule has 0 unspecified atom stereocenters. The summed E-state index contributed by atoms with van der Waals surface area (Å²) in [4.78, 5) is 0. The molecule has 0 spiro atoms. The van der Waals surface area contributed by atoms with Crippen molar-refractivity contribution < 1.29 is 5.21 Å². The average Bonchev–Trinajstić information content (AvgIpc) is 2.35. The molecule has 0 bridgehead atoms. The Morgan fingerprint density at radius 2 is 2.12 bits per heavy atom. The van der Waals surface area contributed by atoms with Crippen LogP contribution >= 0.6 is 0 Å². The van der Waals surface area contributed by atoms with Crippen LogP contribution in [0, 0.1) is 5.92 Å². The minimum absolute atomic E-state index is 0.326. The van der Waals surface area contributed by atoms with Crippen LogP contribution in [-0.4, -0.2) is 23.6 Å². The molecule has 1 aliphatic rings. The third-order valence-electron chi connectivity index (χ3n) is 3.56. The second kappa shape index (κ2) is 7.49. The van der Waals surface area contributed by atoms with E-state index in [1.807, 2.05) is 0 Å². The molecule has 1 atom stereocenters. The van der Waals surface area contributed by atoms with Crippen molar-refractivity contribution in [3.63, 3.8) is 0 Å². The lowest BCUT2D eigenvalue weighted by Crippen LogP contribution is -2.35. The molecule has 0 aromatic heterocycles. The Bertz CT molecular complexity index is 212. The van der Waals surface area contributed by atoms with Gasteiger partial charge in [-0.15, -0.1) is 0 Å². The fraction of sp³-hybridized carbons (Fsp3) is 0.917. The van der Waals surface area contributed by atoms with Gasteiger partial charge in [0.1, 0.15) is 5.84 Å². The first kappa shape index (κ1) is 13.3.